The molecule has 0 bridgehead atoms. The van der Waals surface area contributed by atoms with Gasteiger partial charge in [-0.1, -0.05) is 53.5 Å². The van der Waals surface area contributed by atoms with E-state index in [-0.39, 0.29) is 15.7 Å². The smallest absolute Gasteiger partial charge is 0.237 e. The lowest BCUT2D eigenvalue weighted by molar-refractivity contribution is -0.137. The van der Waals surface area contributed by atoms with Crippen LogP contribution in [0.3, 0.4) is 0 Å². The molecule has 0 saturated heterocycles. The van der Waals surface area contributed by atoms with E-state index in [9.17, 15) is 13.2 Å². The van der Waals surface area contributed by atoms with Crippen molar-refractivity contribution in [3.63, 3.8) is 0 Å². The first kappa shape index (κ1) is 15.9. The van der Waals surface area contributed by atoms with Gasteiger partial charge in [0.25, 0.3) is 0 Å². The number of hydrogen-bond donors (Lipinski definition) is 0. The quantitative estimate of drug-likeness (QED) is 0.561. The Morgan fingerprint density at radius 2 is 1.52 bits per heavy atom. The third kappa shape index (κ3) is 3.21. The molecule has 1 heterocycles. The number of hydrogen-bond acceptors (Lipinski definition) is 1. The zero-order chi connectivity index (χ0) is 16.6. The molecule has 2 nitrogen and oxygen atoms in total. The lowest BCUT2D eigenvalue weighted by atomic mass is 10.2. The lowest BCUT2D eigenvalue weighted by Gasteiger charge is -2.12. The van der Waals surface area contributed by atoms with Gasteiger partial charge in [-0.2, -0.15) is 18.3 Å². The Morgan fingerprint density at radius 3 is 2.09 bits per heavy atom. The highest BCUT2D eigenvalue weighted by molar-refractivity contribution is 6.37. The number of halogens is 5. The first-order chi connectivity index (χ1) is 10.9. The second kappa shape index (κ2) is 5.91. The molecule has 2 aromatic carbocycles. The lowest BCUT2D eigenvalue weighted by Crippen LogP contribution is -2.07. The fourth-order valence-corrected chi connectivity index (χ4v) is 2.82. The third-order valence-corrected chi connectivity index (χ3v) is 3.81. The van der Waals surface area contributed by atoms with Gasteiger partial charge >= 0.3 is 6.18 Å². The second-order valence-corrected chi connectivity index (χ2v) is 5.61. The maximum atomic E-state index is 12.8. The fraction of sp³-hybridized carbons (Fsp3) is 0.0625. The summed E-state index contributed by atoms with van der Waals surface area (Å²) in [5.41, 5.74) is 0.859. The number of rotatable bonds is 2. The predicted molar refractivity (Wildman–Crippen MR) is 84.0 cm³/mol. The van der Waals surface area contributed by atoms with Crippen LogP contribution in [0.4, 0.5) is 13.2 Å². The number of aromatic nitrogens is 2. The summed E-state index contributed by atoms with van der Waals surface area (Å²) >= 11 is 12.0. The summed E-state index contributed by atoms with van der Waals surface area (Å²) in [6.45, 7) is 0. The third-order valence-electron chi connectivity index (χ3n) is 3.23. The summed E-state index contributed by atoms with van der Waals surface area (Å²) in [4.78, 5) is 0. The van der Waals surface area contributed by atoms with Crippen LogP contribution in [0.15, 0.2) is 54.7 Å². The molecule has 3 rings (SSSR count). The van der Waals surface area contributed by atoms with Gasteiger partial charge in [-0.3, -0.25) is 0 Å². The molecule has 1 aromatic heterocycles. The Hall–Kier alpha value is -1.98. The number of alkyl halides is 3. The molecule has 0 aliphatic rings. The van der Waals surface area contributed by atoms with E-state index in [4.69, 9.17) is 23.2 Å². The van der Waals surface area contributed by atoms with Crippen LogP contribution in [-0.4, -0.2) is 9.78 Å². The maximum Gasteiger partial charge on any atom is 0.416 e. The topological polar surface area (TPSA) is 17.8 Å². The van der Waals surface area contributed by atoms with E-state index in [0.717, 1.165) is 17.7 Å². The van der Waals surface area contributed by atoms with E-state index in [1.807, 2.05) is 30.3 Å². The molecule has 0 N–H and O–H groups in total. The normalized spacial score (nSPS) is 11.7. The summed E-state index contributed by atoms with van der Waals surface area (Å²) in [5, 5.41) is 4.09. The Morgan fingerprint density at radius 1 is 0.913 bits per heavy atom. The van der Waals surface area contributed by atoms with Gasteiger partial charge in [0, 0.05) is 11.8 Å². The maximum absolute atomic E-state index is 12.8. The zero-order valence-corrected chi connectivity index (χ0v) is 13.0. The van der Waals surface area contributed by atoms with Crippen LogP contribution in [0.5, 0.6) is 0 Å². The molecule has 0 amide bonds. The summed E-state index contributed by atoms with van der Waals surface area (Å²) in [6.07, 6.45) is -2.91. The van der Waals surface area contributed by atoms with Crippen molar-refractivity contribution in [3.05, 3.63) is 70.3 Å². The van der Waals surface area contributed by atoms with E-state index < -0.39 is 11.7 Å². The molecule has 0 atom stereocenters. The first-order valence-electron chi connectivity index (χ1n) is 6.54. The number of benzene rings is 2. The van der Waals surface area contributed by atoms with Crippen LogP contribution >= 0.6 is 23.2 Å². The van der Waals surface area contributed by atoms with Gasteiger partial charge in [0.1, 0.15) is 5.69 Å². The molecule has 7 heteroatoms. The van der Waals surface area contributed by atoms with Crippen molar-refractivity contribution in [2.75, 3.05) is 0 Å². The molecular weight excluding hydrogens is 348 g/mol. The molecule has 0 spiro atoms. The molecule has 0 saturated carbocycles. The van der Waals surface area contributed by atoms with E-state index in [1.165, 1.54) is 4.68 Å². The Labute approximate surface area is 140 Å². The van der Waals surface area contributed by atoms with Crippen LogP contribution in [0, 0.1) is 0 Å². The first-order valence-corrected chi connectivity index (χ1v) is 7.29. The van der Waals surface area contributed by atoms with Gasteiger partial charge in [0.05, 0.1) is 21.3 Å². The average molecular weight is 357 g/mol. The average Bonchev–Trinajstić information content (AvgIpc) is 2.96. The minimum Gasteiger partial charge on any atom is -0.237 e. The van der Waals surface area contributed by atoms with Crippen LogP contribution in [-0.2, 0) is 6.18 Å². The molecule has 3 aromatic rings. The van der Waals surface area contributed by atoms with Crippen molar-refractivity contribution in [2.24, 2.45) is 0 Å². The molecule has 23 heavy (non-hydrogen) atoms. The molecule has 0 fully saturated rings. The minimum atomic E-state index is -4.51. The van der Waals surface area contributed by atoms with Crippen molar-refractivity contribution in [1.82, 2.24) is 9.78 Å². The Kier molecular flexibility index (Phi) is 4.08. The van der Waals surface area contributed by atoms with Crippen molar-refractivity contribution in [2.45, 2.75) is 6.18 Å². The van der Waals surface area contributed by atoms with Crippen LogP contribution in [0.25, 0.3) is 16.9 Å². The highest BCUT2D eigenvalue weighted by Gasteiger charge is 2.32. The molecule has 0 unspecified atom stereocenters. The van der Waals surface area contributed by atoms with E-state index in [1.54, 1.807) is 12.3 Å². The zero-order valence-electron chi connectivity index (χ0n) is 11.5. The summed E-state index contributed by atoms with van der Waals surface area (Å²) < 4.78 is 39.7. The van der Waals surface area contributed by atoms with Crippen molar-refractivity contribution in [3.8, 4) is 16.9 Å². The molecular formula is C16H9Cl2F3N2. The van der Waals surface area contributed by atoms with Crippen LogP contribution in [0.1, 0.15) is 5.56 Å². The largest absolute Gasteiger partial charge is 0.416 e. The van der Waals surface area contributed by atoms with E-state index >= 15 is 0 Å². The molecule has 0 aliphatic heterocycles. The Balaban J connectivity index is 2.05. The number of nitrogens with zero attached hydrogens (tertiary/aromatic N) is 2. The molecule has 0 aliphatic carbocycles. The van der Waals surface area contributed by atoms with Crippen molar-refractivity contribution >= 4 is 23.2 Å². The highest BCUT2D eigenvalue weighted by atomic mass is 35.5. The van der Waals surface area contributed by atoms with Crippen molar-refractivity contribution < 1.29 is 13.2 Å². The highest BCUT2D eigenvalue weighted by Crippen LogP contribution is 2.37. The van der Waals surface area contributed by atoms with Gasteiger partial charge in [0.15, 0.2) is 0 Å². The van der Waals surface area contributed by atoms with Gasteiger partial charge in [0.2, 0.25) is 0 Å². The predicted octanol–water partition coefficient (Wildman–Crippen LogP) is 5.86. The second-order valence-electron chi connectivity index (χ2n) is 4.80. The fourth-order valence-electron chi connectivity index (χ4n) is 2.16. The standard InChI is InChI=1S/C16H9Cl2F3N2/c17-12-8-11(16(19,20)21)9-13(18)15(12)23-7-6-14(22-23)10-4-2-1-3-5-10/h1-9H. The van der Waals surface area contributed by atoms with Crippen molar-refractivity contribution in [1.29, 1.82) is 0 Å². The molecule has 0 radical (unpaired) electrons. The Bertz CT molecular complexity index is 819. The van der Waals surface area contributed by atoms with E-state index in [0.29, 0.717) is 5.69 Å². The van der Waals surface area contributed by atoms with Gasteiger partial charge < -0.3 is 0 Å². The summed E-state index contributed by atoms with van der Waals surface area (Å²) in [7, 11) is 0. The SMILES string of the molecule is FC(F)(F)c1cc(Cl)c(-n2ccc(-c3ccccc3)n2)c(Cl)c1. The minimum absolute atomic E-state index is 0.118. The van der Waals surface area contributed by atoms with Crippen LogP contribution in [0.2, 0.25) is 10.0 Å². The summed E-state index contributed by atoms with van der Waals surface area (Å²) in [5.74, 6) is 0. The monoisotopic (exact) mass is 356 g/mol. The van der Waals surface area contributed by atoms with Crippen LogP contribution < -0.4 is 0 Å². The van der Waals surface area contributed by atoms with Gasteiger partial charge in [-0.25, -0.2) is 4.68 Å². The molecule has 118 valence electrons. The van der Waals surface area contributed by atoms with E-state index in [2.05, 4.69) is 5.10 Å². The van der Waals surface area contributed by atoms with Gasteiger partial charge in [-0.05, 0) is 18.2 Å². The van der Waals surface area contributed by atoms with Gasteiger partial charge in [-0.15, -0.1) is 0 Å². The summed E-state index contributed by atoms with van der Waals surface area (Å²) in [6, 6.07) is 12.8.